The smallest absolute Gasteiger partial charge is 0.303 e. The molecule has 0 radical (unpaired) electrons. The molecule has 1 saturated heterocycles. The molecule has 1 aliphatic heterocycles. The number of hydrogen-bond acceptors (Lipinski definition) is 5. The average Bonchev–Trinajstić information content (AvgIpc) is 2.40. The molecule has 104 valence electrons. The van der Waals surface area contributed by atoms with E-state index in [1.807, 2.05) is 24.3 Å². The Labute approximate surface area is 112 Å². The van der Waals surface area contributed by atoms with Crippen LogP contribution in [-0.4, -0.2) is 37.0 Å². The van der Waals surface area contributed by atoms with Crippen molar-refractivity contribution in [2.75, 3.05) is 13.7 Å². The number of methoxy groups -OCH3 is 1. The number of para-hydroxylation sites is 1. The Morgan fingerprint density at radius 3 is 2.79 bits per heavy atom. The van der Waals surface area contributed by atoms with Gasteiger partial charge in [-0.1, -0.05) is 18.2 Å². The summed E-state index contributed by atoms with van der Waals surface area (Å²) in [5.41, 5.74) is 0.894. The Morgan fingerprint density at radius 1 is 1.42 bits per heavy atom. The molecule has 2 rings (SSSR count). The van der Waals surface area contributed by atoms with E-state index >= 15 is 0 Å². The molecule has 0 aliphatic carbocycles. The summed E-state index contributed by atoms with van der Waals surface area (Å²) in [5, 5.41) is 10.0. The Kier molecular flexibility index (Phi) is 4.39. The van der Waals surface area contributed by atoms with Gasteiger partial charge in [0.15, 0.2) is 6.10 Å². The lowest BCUT2D eigenvalue weighted by Crippen LogP contribution is -2.41. The number of aliphatic hydroxyl groups excluding tert-OH is 1. The normalized spacial score (nSPS) is 26.8. The van der Waals surface area contributed by atoms with E-state index in [1.54, 1.807) is 7.11 Å². The van der Waals surface area contributed by atoms with Crippen molar-refractivity contribution in [2.24, 2.45) is 0 Å². The second kappa shape index (κ2) is 6.04. The van der Waals surface area contributed by atoms with Crippen molar-refractivity contribution in [2.45, 2.75) is 31.7 Å². The van der Waals surface area contributed by atoms with Gasteiger partial charge in [-0.05, 0) is 6.07 Å². The van der Waals surface area contributed by atoms with Crippen LogP contribution in [0.2, 0.25) is 0 Å². The van der Waals surface area contributed by atoms with Gasteiger partial charge in [-0.25, -0.2) is 0 Å². The quantitative estimate of drug-likeness (QED) is 0.839. The van der Waals surface area contributed by atoms with E-state index in [2.05, 4.69) is 0 Å². The van der Waals surface area contributed by atoms with Crippen molar-refractivity contribution in [1.82, 2.24) is 0 Å². The molecule has 1 aromatic carbocycles. The first-order valence-electron chi connectivity index (χ1n) is 6.21. The molecular weight excluding hydrogens is 248 g/mol. The number of benzene rings is 1. The molecule has 5 nitrogen and oxygen atoms in total. The van der Waals surface area contributed by atoms with E-state index in [0.717, 1.165) is 11.3 Å². The standard InChI is InChI=1S/C14H18O5/c1-9(15)19-14-8-18-13(7-11(14)16)10-5-3-4-6-12(10)17-2/h3-6,11,13-14,16H,7-8H2,1-2H3/t11-,13+,14-/m1/s1. The summed E-state index contributed by atoms with van der Waals surface area (Å²) in [4.78, 5) is 10.9. The molecule has 3 atom stereocenters. The fourth-order valence-corrected chi connectivity index (χ4v) is 2.24. The van der Waals surface area contributed by atoms with Crippen molar-refractivity contribution >= 4 is 5.97 Å². The number of hydrogen-bond donors (Lipinski definition) is 1. The van der Waals surface area contributed by atoms with Gasteiger partial charge in [-0.2, -0.15) is 0 Å². The molecule has 1 N–H and O–H groups in total. The first-order chi connectivity index (χ1) is 9.11. The fourth-order valence-electron chi connectivity index (χ4n) is 2.24. The van der Waals surface area contributed by atoms with Crippen LogP contribution in [0.4, 0.5) is 0 Å². The molecule has 19 heavy (non-hydrogen) atoms. The number of esters is 1. The molecule has 0 bridgehead atoms. The van der Waals surface area contributed by atoms with Crippen molar-refractivity contribution in [3.05, 3.63) is 29.8 Å². The average molecular weight is 266 g/mol. The Balaban J connectivity index is 2.07. The zero-order chi connectivity index (χ0) is 13.8. The molecule has 1 heterocycles. The molecule has 0 spiro atoms. The van der Waals surface area contributed by atoms with Crippen LogP contribution in [0.3, 0.4) is 0 Å². The maximum atomic E-state index is 10.9. The van der Waals surface area contributed by atoms with Crippen molar-refractivity contribution in [1.29, 1.82) is 0 Å². The summed E-state index contributed by atoms with van der Waals surface area (Å²) in [6.07, 6.45) is -1.20. The van der Waals surface area contributed by atoms with Gasteiger partial charge in [-0.3, -0.25) is 4.79 Å². The third-order valence-corrected chi connectivity index (χ3v) is 3.15. The van der Waals surface area contributed by atoms with Crippen molar-refractivity contribution < 1.29 is 24.1 Å². The number of aliphatic hydroxyl groups is 1. The van der Waals surface area contributed by atoms with Gasteiger partial charge in [0.05, 0.1) is 25.9 Å². The minimum atomic E-state index is -0.729. The zero-order valence-electron chi connectivity index (χ0n) is 11.0. The minimum absolute atomic E-state index is 0.184. The molecule has 0 saturated carbocycles. The van der Waals surface area contributed by atoms with Crippen LogP contribution in [0.15, 0.2) is 24.3 Å². The van der Waals surface area contributed by atoms with Crippen LogP contribution in [-0.2, 0) is 14.3 Å². The first kappa shape index (κ1) is 13.8. The first-order valence-corrected chi connectivity index (χ1v) is 6.21. The lowest BCUT2D eigenvalue weighted by atomic mass is 9.97. The van der Waals surface area contributed by atoms with E-state index in [-0.39, 0.29) is 12.7 Å². The van der Waals surface area contributed by atoms with Gasteiger partial charge >= 0.3 is 5.97 Å². The van der Waals surface area contributed by atoms with Crippen LogP contribution in [0, 0.1) is 0 Å². The van der Waals surface area contributed by atoms with Crippen LogP contribution in [0.25, 0.3) is 0 Å². The SMILES string of the molecule is COc1ccccc1[C@@H]1C[C@@H](O)[C@H](OC(C)=O)CO1. The largest absolute Gasteiger partial charge is 0.496 e. The molecule has 0 unspecified atom stereocenters. The molecule has 1 aliphatic rings. The molecule has 1 fully saturated rings. The minimum Gasteiger partial charge on any atom is -0.496 e. The molecule has 0 aromatic heterocycles. The van der Waals surface area contributed by atoms with E-state index in [9.17, 15) is 9.90 Å². The Hall–Kier alpha value is -1.59. The third-order valence-electron chi connectivity index (χ3n) is 3.15. The van der Waals surface area contributed by atoms with Crippen molar-refractivity contribution in [3.8, 4) is 5.75 Å². The maximum absolute atomic E-state index is 10.9. The van der Waals surface area contributed by atoms with E-state index in [4.69, 9.17) is 14.2 Å². The highest BCUT2D eigenvalue weighted by Crippen LogP contribution is 2.34. The van der Waals surface area contributed by atoms with Gasteiger partial charge in [0, 0.05) is 18.9 Å². The predicted octanol–water partition coefficient (Wildman–Crippen LogP) is 1.45. The summed E-state index contributed by atoms with van der Waals surface area (Å²) in [6.45, 7) is 1.50. The van der Waals surface area contributed by atoms with E-state index in [1.165, 1.54) is 6.92 Å². The number of ether oxygens (including phenoxy) is 3. The van der Waals surface area contributed by atoms with Crippen LogP contribution in [0.1, 0.15) is 25.0 Å². The van der Waals surface area contributed by atoms with Gasteiger partial charge in [0.2, 0.25) is 0 Å². The fraction of sp³-hybridized carbons (Fsp3) is 0.500. The monoisotopic (exact) mass is 266 g/mol. The molecular formula is C14H18O5. The summed E-state index contributed by atoms with van der Waals surface area (Å²) in [5.74, 6) is 0.314. The van der Waals surface area contributed by atoms with Gasteiger partial charge in [-0.15, -0.1) is 0 Å². The lowest BCUT2D eigenvalue weighted by molar-refractivity contribution is -0.173. The highest BCUT2D eigenvalue weighted by Gasteiger charge is 2.33. The van der Waals surface area contributed by atoms with Gasteiger partial charge in [0.1, 0.15) is 5.75 Å². The third kappa shape index (κ3) is 3.24. The topological polar surface area (TPSA) is 65.0 Å². The summed E-state index contributed by atoms with van der Waals surface area (Å²) in [7, 11) is 1.60. The molecule has 1 aromatic rings. The number of rotatable bonds is 3. The molecule has 0 amide bonds. The van der Waals surface area contributed by atoms with Crippen LogP contribution < -0.4 is 4.74 Å². The second-order valence-electron chi connectivity index (χ2n) is 4.51. The van der Waals surface area contributed by atoms with Gasteiger partial charge in [0.25, 0.3) is 0 Å². The highest BCUT2D eigenvalue weighted by atomic mass is 16.6. The lowest BCUT2D eigenvalue weighted by Gasteiger charge is -2.33. The maximum Gasteiger partial charge on any atom is 0.303 e. The van der Waals surface area contributed by atoms with Crippen LogP contribution in [0.5, 0.6) is 5.75 Å². The number of carbonyl (C=O) groups excluding carboxylic acids is 1. The number of carbonyl (C=O) groups is 1. The second-order valence-corrected chi connectivity index (χ2v) is 4.51. The Morgan fingerprint density at radius 2 is 2.16 bits per heavy atom. The summed E-state index contributed by atoms with van der Waals surface area (Å²) in [6, 6.07) is 7.53. The molecule has 5 heteroatoms. The summed E-state index contributed by atoms with van der Waals surface area (Å²) < 4.78 is 16.0. The highest BCUT2D eigenvalue weighted by molar-refractivity contribution is 5.66. The van der Waals surface area contributed by atoms with E-state index in [0.29, 0.717) is 6.42 Å². The van der Waals surface area contributed by atoms with Crippen molar-refractivity contribution in [3.63, 3.8) is 0 Å². The van der Waals surface area contributed by atoms with Crippen LogP contribution >= 0.6 is 0 Å². The van der Waals surface area contributed by atoms with Gasteiger partial charge < -0.3 is 19.3 Å². The predicted molar refractivity (Wildman–Crippen MR) is 67.9 cm³/mol. The zero-order valence-corrected chi connectivity index (χ0v) is 11.0. The van der Waals surface area contributed by atoms with E-state index < -0.39 is 18.2 Å². The Bertz CT molecular complexity index is 445. The summed E-state index contributed by atoms with van der Waals surface area (Å²) >= 11 is 0.